The van der Waals surface area contributed by atoms with E-state index < -0.39 is 18.6 Å². The Morgan fingerprint density at radius 3 is 2.41 bits per heavy atom. The molecule has 2 atom stereocenters. The van der Waals surface area contributed by atoms with Crippen molar-refractivity contribution in [1.29, 1.82) is 0 Å². The predicted molar refractivity (Wildman–Crippen MR) is 132 cm³/mol. The summed E-state index contributed by atoms with van der Waals surface area (Å²) in [6, 6.07) is 5.10. The van der Waals surface area contributed by atoms with Crippen molar-refractivity contribution >= 4 is 17.7 Å². The Hall–Kier alpha value is -2.69. The smallest absolute Gasteiger partial charge is 0.436 e. The number of ether oxygens (including phenoxy) is 3. The molecule has 1 heterocycles. The summed E-state index contributed by atoms with van der Waals surface area (Å²) in [5, 5.41) is 5.99. The summed E-state index contributed by atoms with van der Waals surface area (Å²) in [5.74, 6) is -0.122. The number of amides is 2. The van der Waals surface area contributed by atoms with E-state index in [9.17, 15) is 22.8 Å². The highest BCUT2D eigenvalue weighted by Crippen LogP contribution is 2.29. The van der Waals surface area contributed by atoms with Crippen LogP contribution in [0.4, 0.5) is 23.7 Å². The number of carbonyl (C=O) groups is 2. The number of hydrogen-bond donors (Lipinski definition) is 2. The molecule has 208 valence electrons. The quantitative estimate of drug-likeness (QED) is 0.415. The molecule has 1 saturated carbocycles. The number of rotatable bonds is 11. The summed E-state index contributed by atoms with van der Waals surface area (Å²) in [7, 11) is 0. The van der Waals surface area contributed by atoms with Crippen molar-refractivity contribution in [3.63, 3.8) is 0 Å². The van der Waals surface area contributed by atoms with E-state index in [1.54, 1.807) is 4.90 Å². The van der Waals surface area contributed by atoms with E-state index in [1.165, 1.54) is 30.7 Å². The number of alkyl halides is 3. The lowest BCUT2D eigenvalue weighted by Crippen LogP contribution is -2.49. The van der Waals surface area contributed by atoms with Crippen molar-refractivity contribution < 1.29 is 37.0 Å². The molecule has 0 bridgehead atoms. The largest absolute Gasteiger partial charge is 0.573 e. The fourth-order valence-electron chi connectivity index (χ4n) is 4.83. The van der Waals surface area contributed by atoms with Gasteiger partial charge in [0.15, 0.2) is 6.10 Å². The van der Waals surface area contributed by atoms with Crippen molar-refractivity contribution in [2.45, 2.75) is 76.8 Å². The van der Waals surface area contributed by atoms with Gasteiger partial charge in [-0.15, -0.1) is 13.2 Å². The molecule has 1 aliphatic heterocycles. The van der Waals surface area contributed by atoms with Crippen LogP contribution in [0.2, 0.25) is 0 Å². The summed E-state index contributed by atoms with van der Waals surface area (Å²) in [4.78, 5) is 27.8. The van der Waals surface area contributed by atoms with Gasteiger partial charge in [-0.25, -0.2) is 4.79 Å². The molecule has 1 aromatic carbocycles. The number of anilines is 1. The van der Waals surface area contributed by atoms with Crippen LogP contribution in [0.5, 0.6) is 5.75 Å². The first-order valence-electron chi connectivity index (χ1n) is 13.2. The Labute approximate surface area is 216 Å². The standard InChI is InChI=1S/C26H38F3N3O5/c1-2-6-21(18-30-20-9-11-22(12-10-20)37-26(27,28)29)31-25(34)36-23(17-19-7-4-3-5-8-19)24(33)32-13-15-35-16-14-32/h9-12,19,21,23,30H,2-8,13-18H2,1H3,(H,31,34)/t21-,23?/m0/s1. The van der Waals surface area contributed by atoms with Crippen LogP contribution in [-0.4, -0.2) is 68.3 Å². The third-order valence-corrected chi connectivity index (χ3v) is 6.72. The maximum Gasteiger partial charge on any atom is 0.573 e. The first-order chi connectivity index (χ1) is 17.7. The summed E-state index contributed by atoms with van der Waals surface area (Å²) in [6.07, 6.45) is 1.27. The van der Waals surface area contributed by atoms with Gasteiger partial charge in [0.1, 0.15) is 5.75 Å². The highest BCUT2D eigenvalue weighted by Gasteiger charge is 2.33. The first-order valence-corrected chi connectivity index (χ1v) is 13.2. The van der Waals surface area contributed by atoms with Gasteiger partial charge in [0.2, 0.25) is 0 Å². The van der Waals surface area contributed by atoms with Crippen LogP contribution in [0.1, 0.15) is 58.3 Å². The average molecular weight is 530 g/mol. The highest BCUT2D eigenvalue weighted by atomic mass is 19.4. The molecular weight excluding hydrogens is 491 g/mol. The topological polar surface area (TPSA) is 89.1 Å². The molecule has 2 amide bonds. The molecule has 1 unspecified atom stereocenters. The minimum Gasteiger partial charge on any atom is -0.436 e. The number of nitrogens with one attached hydrogen (secondary N) is 2. The number of nitrogens with zero attached hydrogens (tertiary/aromatic N) is 1. The Kier molecular flexibility index (Phi) is 11.2. The second-order valence-corrected chi connectivity index (χ2v) is 9.65. The van der Waals surface area contributed by atoms with Crippen molar-refractivity contribution in [2.24, 2.45) is 5.92 Å². The van der Waals surface area contributed by atoms with Crippen LogP contribution < -0.4 is 15.4 Å². The maximum absolute atomic E-state index is 13.2. The normalized spacial score (nSPS) is 18.5. The summed E-state index contributed by atoms with van der Waals surface area (Å²) in [6.45, 7) is 4.24. The molecule has 1 aromatic rings. The summed E-state index contributed by atoms with van der Waals surface area (Å²) < 4.78 is 52.0. The van der Waals surface area contributed by atoms with Crippen LogP contribution in [-0.2, 0) is 14.3 Å². The summed E-state index contributed by atoms with van der Waals surface area (Å²) in [5.41, 5.74) is 0.587. The molecule has 8 nitrogen and oxygen atoms in total. The second kappa shape index (κ2) is 14.3. The van der Waals surface area contributed by atoms with E-state index >= 15 is 0 Å². The zero-order chi connectivity index (χ0) is 26.7. The van der Waals surface area contributed by atoms with Crippen LogP contribution in [0, 0.1) is 5.92 Å². The molecule has 1 aliphatic carbocycles. The SMILES string of the molecule is CCC[C@@H](CNc1ccc(OC(F)(F)F)cc1)NC(=O)OC(CC1CCCCC1)C(=O)N1CCOCC1. The highest BCUT2D eigenvalue weighted by molar-refractivity contribution is 5.83. The van der Waals surface area contributed by atoms with Crippen LogP contribution >= 0.6 is 0 Å². The Balaban J connectivity index is 1.56. The number of halogens is 3. The molecule has 37 heavy (non-hydrogen) atoms. The minimum atomic E-state index is -4.75. The van der Waals surface area contributed by atoms with Crippen LogP contribution in [0.25, 0.3) is 0 Å². The molecule has 0 spiro atoms. The molecule has 2 fully saturated rings. The van der Waals surface area contributed by atoms with E-state index in [0.29, 0.717) is 57.3 Å². The average Bonchev–Trinajstić information content (AvgIpc) is 2.87. The van der Waals surface area contributed by atoms with Crippen molar-refractivity contribution in [3.05, 3.63) is 24.3 Å². The van der Waals surface area contributed by atoms with Gasteiger partial charge in [0.25, 0.3) is 5.91 Å². The second-order valence-electron chi connectivity index (χ2n) is 9.65. The molecule has 2 N–H and O–H groups in total. The van der Waals surface area contributed by atoms with Gasteiger partial charge >= 0.3 is 12.5 Å². The van der Waals surface area contributed by atoms with E-state index in [-0.39, 0.29) is 17.7 Å². The van der Waals surface area contributed by atoms with Crippen molar-refractivity contribution in [3.8, 4) is 5.75 Å². The first kappa shape index (κ1) is 28.9. The fourth-order valence-corrected chi connectivity index (χ4v) is 4.83. The predicted octanol–water partition coefficient (Wildman–Crippen LogP) is 5.09. The zero-order valence-electron chi connectivity index (χ0n) is 21.4. The van der Waals surface area contributed by atoms with Gasteiger partial charge in [-0.05, 0) is 43.0 Å². The van der Waals surface area contributed by atoms with Gasteiger partial charge in [-0.3, -0.25) is 4.79 Å². The maximum atomic E-state index is 13.2. The zero-order valence-corrected chi connectivity index (χ0v) is 21.4. The lowest BCUT2D eigenvalue weighted by molar-refractivity contribution is -0.274. The Bertz CT molecular complexity index is 841. The molecule has 2 aliphatic rings. The molecular formula is C26H38F3N3O5. The molecule has 11 heteroatoms. The monoisotopic (exact) mass is 529 g/mol. The number of alkyl carbamates (subject to hydrolysis) is 1. The van der Waals surface area contributed by atoms with Crippen molar-refractivity contribution in [2.75, 3.05) is 38.2 Å². The molecule has 0 radical (unpaired) electrons. The van der Waals surface area contributed by atoms with Gasteiger partial charge in [-0.2, -0.15) is 0 Å². The lowest BCUT2D eigenvalue weighted by atomic mass is 9.85. The fraction of sp³-hybridized carbons (Fsp3) is 0.692. The Morgan fingerprint density at radius 1 is 1.11 bits per heavy atom. The Morgan fingerprint density at radius 2 is 1.78 bits per heavy atom. The third kappa shape index (κ3) is 10.3. The van der Waals surface area contributed by atoms with Crippen LogP contribution in [0.3, 0.4) is 0 Å². The van der Waals surface area contributed by atoms with Gasteiger partial charge in [0, 0.05) is 31.4 Å². The van der Waals surface area contributed by atoms with E-state index in [2.05, 4.69) is 15.4 Å². The number of hydrogen-bond acceptors (Lipinski definition) is 6. The molecule has 1 saturated heterocycles. The van der Waals surface area contributed by atoms with Crippen molar-refractivity contribution in [1.82, 2.24) is 10.2 Å². The third-order valence-electron chi connectivity index (χ3n) is 6.72. The summed E-state index contributed by atoms with van der Waals surface area (Å²) >= 11 is 0. The number of benzene rings is 1. The van der Waals surface area contributed by atoms with E-state index in [1.807, 2.05) is 6.92 Å². The van der Waals surface area contributed by atoms with Gasteiger partial charge in [0.05, 0.1) is 13.2 Å². The van der Waals surface area contributed by atoms with E-state index in [0.717, 1.165) is 32.1 Å². The van der Waals surface area contributed by atoms with E-state index in [4.69, 9.17) is 9.47 Å². The number of carbonyl (C=O) groups excluding carboxylic acids is 2. The molecule has 3 rings (SSSR count). The van der Waals surface area contributed by atoms with Crippen LogP contribution in [0.15, 0.2) is 24.3 Å². The van der Waals surface area contributed by atoms with Gasteiger partial charge in [-0.1, -0.05) is 45.4 Å². The number of morpholine rings is 1. The minimum absolute atomic E-state index is 0.171. The lowest BCUT2D eigenvalue weighted by Gasteiger charge is -2.32. The molecule has 0 aromatic heterocycles. The van der Waals surface area contributed by atoms with Gasteiger partial charge < -0.3 is 29.7 Å².